The number of carbonyl (C=O) groups excluding carboxylic acids is 1. The van der Waals surface area contributed by atoms with Crippen LogP contribution in [0.15, 0.2) is 48.5 Å². The highest BCUT2D eigenvalue weighted by atomic mass is 16.1. The molecule has 2 aromatic carbocycles. The molecule has 0 aromatic heterocycles. The summed E-state index contributed by atoms with van der Waals surface area (Å²) in [6.07, 6.45) is 3.33. The van der Waals surface area contributed by atoms with Gasteiger partial charge in [-0.3, -0.25) is 4.79 Å². The lowest BCUT2D eigenvalue weighted by atomic mass is 9.75. The van der Waals surface area contributed by atoms with Crippen LogP contribution in [-0.4, -0.2) is 5.78 Å². The molecule has 0 amide bonds. The largest absolute Gasteiger partial charge is 0.300 e. The highest BCUT2D eigenvalue weighted by Crippen LogP contribution is 2.37. The summed E-state index contributed by atoms with van der Waals surface area (Å²) in [4.78, 5) is 12.1. The first-order valence-corrected chi connectivity index (χ1v) is 7.38. The van der Waals surface area contributed by atoms with Crippen LogP contribution in [0.1, 0.15) is 41.0 Å². The molecule has 20 heavy (non-hydrogen) atoms. The van der Waals surface area contributed by atoms with E-state index in [0.29, 0.717) is 24.5 Å². The summed E-state index contributed by atoms with van der Waals surface area (Å²) in [7, 11) is 0. The van der Waals surface area contributed by atoms with E-state index in [0.717, 1.165) is 12.8 Å². The SMILES string of the molecule is Cc1ccccc1CCC(=O)CC1Cc2ccccc21. The van der Waals surface area contributed by atoms with E-state index in [1.165, 1.54) is 22.3 Å². The second-order valence-electron chi connectivity index (χ2n) is 5.77. The topological polar surface area (TPSA) is 17.1 Å². The van der Waals surface area contributed by atoms with Gasteiger partial charge in [0.1, 0.15) is 5.78 Å². The normalized spacial score (nSPS) is 16.4. The van der Waals surface area contributed by atoms with Gasteiger partial charge in [0.25, 0.3) is 0 Å². The van der Waals surface area contributed by atoms with Crippen LogP contribution in [0.3, 0.4) is 0 Å². The van der Waals surface area contributed by atoms with E-state index < -0.39 is 0 Å². The number of benzene rings is 2. The number of hydrogen-bond donors (Lipinski definition) is 0. The molecule has 0 fully saturated rings. The van der Waals surface area contributed by atoms with E-state index >= 15 is 0 Å². The molecule has 1 unspecified atom stereocenters. The number of aryl methyl sites for hydroxylation is 2. The molecule has 0 saturated heterocycles. The molecule has 1 atom stereocenters. The molecular weight excluding hydrogens is 244 g/mol. The third kappa shape index (κ3) is 2.67. The molecule has 0 N–H and O–H groups in total. The molecule has 1 aliphatic rings. The zero-order chi connectivity index (χ0) is 13.9. The van der Waals surface area contributed by atoms with E-state index in [1.54, 1.807) is 0 Å². The molecule has 0 aliphatic heterocycles. The van der Waals surface area contributed by atoms with Gasteiger partial charge >= 0.3 is 0 Å². The van der Waals surface area contributed by atoms with Gasteiger partial charge in [-0.15, -0.1) is 0 Å². The maximum Gasteiger partial charge on any atom is 0.133 e. The molecule has 0 radical (unpaired) electrons. The van der Waals surface area contributed by atoms with Crippen molar-refractivity contribution >= 4 is 5.78 Å². The van der Waals surface area contributed by atoms with E-state index in [9.17, 15) is 4.79 Å². The Morgan fingerprint density at radius 1 is 1.10 bits per heavy atom. The Balaban J connectivity index is 1.53. The van der Waals surface area contributed by atoms with Crippen molar-refractivity contribution in [2.45, 2.75) is 38.5 Å². The number of fused-ring (bicyclic) bond motifs is 1. The van der Waals surface area contributed by atoms with Crippen LogP contribution in [0.25, 0.3) is 0 Å². The van der Waals surface area contributed by atoms with Crippen molar-refractivity contribution < 1.29 is 4.79 Å². The van der Waals surface area contributed by atoms with Crippen molar-refractivity contribution in [2.24, 2.45) is 0 Å². The first-order chi connectivity index (χ1) is 9.74. The van der Waals surface area contributed by atoms with Crippen LogP contribution in [0.2, 0.25) is 0 Å². The summed E-state index contributed by atoms with van der Waals surface area (Å²) in [6, 6.07) is 16.8. The quantitative estimate of drug-likeness (QED) is 0.790. The molecule has 1 aliphatic carbocycles. The first kappa shape index (κ1) is 13.1. The van der Waals surface area contributed by atoms with Crippen molar-refractivity contribution in [3.05, 3.63) is 70.8 Å². The Morgan fingerprint density at radius 2 is 1.85 bits per heavy atom. The minimum absolute atomic E-state index is 0.396. The van der Waals surface area contributed by atoms with Gasteiger partial charge in [-0.25, -0.2) is 0 Å². The summed E-state index contributed by atoms with van der Waals surface area (Å²) < 4.78 is 0. The zero-order valence-corrected chi connectivity index (χ0v) is 11.9. The summed E-state index contributed by atoms with van der Waals surface area (Å²) >= 11 is 0. The number of hydrogen-bond acceptors (Lipinski definition) is 1. The van der Waals surface area contributed by atoms with E-state index in [2.05, 4.69) is 49.4 Å². The Hall–Kier alpha value is -1.89. The predicted octanol–water partition coefficient (Wildman–Crippen LogP) is 4.23. The minimum Gasteiger partial charge on any atom is -0.300 e. The molecule has 0 heterocycles. The molecule has 2 aromatic rings. The van der Waals surface area contributed by atoms with Crippen molar-refractivity contribution in [3.8, 4) is 0 Å². The summed E-state index contributed by atoms with van der Waals surface area (Å²) in [5.74, 6) is 0.864. The molecule has 1 nitrogen and oxygen atoms in total. The molecular formula is C19H20O. The van der Waals surface area contributed by atoms with Gasteiger partial charge < -0.3 is 0 Å². The Labute approximate surface area is 120 Å². The molecule has 1 heteroatoms. The maximum absolute atomic E-state index is 12.1. The average Bonchev–Trinajstić information content (AvgIpc) is 2.44. The molecule has 3 rings (SSSR count). The number of ketones is 1. The van der Waals surface area contributed by atoms with Gasteiger partial charge in [-0.05, 0) is 47.9 Å². The van der Waals surface area contributed by atoms with Crippen molar-refractivity contribution in [3.63, 3.8) is 0 Å². The van der Waals surface area contributed by atoms with Gasteiger partial charge in [-0.2, -0.15) is 0 Å². The van der Waals surface area contributed by atoms with Crippen molar-refractivity contribution in [1.29, 1.82) is 0 Å². The fraction of sp³-hybridized carbons (Fsp3) is 0.316. The second-order valence-corrected chi connectivity index (χ2v) is 5.77. The van der Waals surface area contributed by atoms with Crippen LogP contribution < -0.4 is 0 Å². The highest BCUT2D eigenvalue weighted by molar-refractivity contribution is 5.80. The van der Waals surface area contributed by atoms with Gasteiger partial charge in [-0.1, -0.05) is 48.5 Å². The predicted molar refractivity (Wildman–Crippen MR) is 82.0 cm³/mol. The highest BCUT2D eigenvalue weighted by Gasteiger charge is 2.27. The van der Waals surface area contributed by atoms with Gasteiger partial charge in [0.15, 0.2) is 0 Å². The smallest absolute Gasteiger partial charge is 0.133 e. The zero-order valence-electron chi connectivity index (χ0n) is 11.9. The molecule has 102 valence electrons. The summed E-state index contributed by atoms with van der Waals surface area (Å²) in [6.45, 7) is 2.11. The van der Waals surface area contributed by atoms with Crippen LogP contribution in [0.5, 0.6) is 0 Å². The Morgan fingerprint density at radius 3 is 2.65 bits per heavy atom. The number of carbonyl (C=O) groups is 1. The van der Waals surface area contributed by atoms with Crippen LogP contribution in [0.4, 0.5) is 0 Å². The molecule has 0 spiro atoms. The van der Waals surface area contributed by atoms with Gasteiger partial charge in [0.05, 0.1) is 0 Å². The van der Waals surface area contributed by atoms with Gasteiger partial charge in [0, 0.05) is 12.8 Å². The van der Waals surface area contributed by atoms with Crippen molar-refractivity contribution in [1.82, 2.24) is 0 Å². The van der Waals surface area contributed by atoms with Crippen LogP contribution >= 0.6 is 0 Å². The van der Waals surface area contributed by atoms with Gasteiger partial charge in [0.2, 0.25) is 0 Å². The number of Topliss-reactive ketones (excluding diaryl/α,β-unsaturated/α-hetero) is 1. The Kier molecular flexibility index (Phi) is 3.68. The van der Waals surface area contributed by atoms with E-state index in [-0.39, 0.29) is 0 Å². The summed E-state index contributed by atoms with van der Waals surface area (Å²) in [5.41, 5.74) is 5.39. The maximum atomic E-state index is 12.1. The third-order valence-corrected chi connectivity index (χ3v) is 4.37. The lowest BCUT2D eigenvalue weighted by molar-refractivity contribution is -0.119. The molecule has 0 saturated carbocycles. The standard InChI is InChI=1S/C19H20O/c1-14-6-2-3-7-15(14)10-11-18(20)13-17-12-16-8-4-5-9-19(16)17/h2-9,17H,10-13H2,1H3. The minimum atomic E-state index is 0.396. The summed E-state index contributed by atoms with van der Waals surface area (Å²) in [5, 5.41) is 0. The van der Waals surface area contributed by atoms with E-state index in [4.69, 9.17) is 0 Å². The Bertz CT molecular complexity index is 627. The average molecular weight is 264 g/mol. The number of rotatable bonds is 5. The van der Waals surface area contributed by atoms with Crippen molar-refractivity contribution in [2.75, 3.05) is 0 Å². The second kappa shape index (κ2) is 5.62. The van der Waals surface area contributed by atoms with Crippen LogP contribution in [-0.2, 0) is 17.6 Å². The lowest BCUT2D eigenvalue weighted by Gasteiger charge is -2.29. The van der Waals surface area contributed by atoms with Crippen LogP contribution in [0, 0.1) is 6.92 Å². The third-order valence-electron chi connectivity index (χ3n) is 4.37. The lowest BCUT2D eigenvalue weighted by Crippen LogP contribution is -2.20. The van der Waals surface area contributed by atoms with E-state index in [1.807, 2.05) is 6.07 Å². The fourth-order valence-corrected chi connectivity index (χ4v) is 3.09. The fourth-order valence-electron chi connectivity index (χ4n) is 3.09. The molecule has 0 bridgehead atoms. The monoisotopic (exact) mass is 264 g/mol. The first-order valence-electron chi connectivity index (χ1n) is 7.38.